The van der Waals surface area contributed by atoms with Gasteiger partial charge in [-0.3, -0.25) is 0 Å². The van der Waals surface area contributed by atoms with Gasteiger partial charge in [0.1, 0.15) is 5.15 Å². The maximum atomic E-state index is 6.06. The highest BCUT2D eigenvalue weighted by molar-refractivity contribution is 6.41. The van der Waals surface area contributed by atoms with E-state index >= 15 is 0 Å². The van der Waals surface area contributed by atoms with E-state index in [2.05, 4.69) is 22.5 Å². The molecular formula is C14H22Cl2N4O. The molecule has 118 valence electrons. The minimum absolute atomic E-state index is 0.202. The van der Waals surface area contributed by atoms with Gasteiger partial charge in [0, 0.05) is 31.2 Å². The maximum absolute atomic E-state index is 6.06. The Bertz CT molecular complexity index is 523. The molecule has 0 amide bonds. The fraction of sp³-hybridized carbons (Fsp3) is 0.643. The van der Waals surface area contributed by atoms with Crippen LogP contribution in [0.2, 0.25) is 10.2 Å². The van der Waals surface area contributed by atoms with E-state index in [4.69, 9.17) is 27.9 Å². The van der Waals surface area contributed by atoms with Crippen molar-refractivity contribution in [1.82, 2.24) is 15.2 Å². The number of guanidine groups is 1. The fourth-order valence-electron chi connectivity index (χ4n) is 2.09. The van der Waals surface area contributed by atoms with Crippen LogP contribution < -0.4 is 10.6 Å². The summed E-state index contributed by atoms with van der Waals surface area (Å²) in [4.78, 5) is 4.58. The zero-order chi connectivity index (χ0) is 15.5. The van der Waals surface area contributed by atoms with E-state index in [-0.39, 0.29) is 5.41 Å². The molecule has 0 unspecified atom stereocenters. The maximum Gasteiger partial charge on any atom is 0.191 e. The predicted molar refractivity (Wildman–Crippen MR) is 87.2 cm³/mol. The first-order valence-electron chi connectivity index (χ1n) is 7.05. The van der Waals surface area contributed by atoms with Gasteiger partial charge in [-0.1, -0.05) is 30.1 Å². The molecule has 21 heavy (non-hydrogen) atoms. The summed E-state index contributed by atoms with van der Waals surface area (Å²) in [5.74, 6) is 0.791. The lowest BCUT2D eigenvalue weighted by Crippen LogP contribution is -2.51. The summed E-state index contributed by atoms with van der Waals surface area (Å²) in [6, 6.07) is 1.85. The van der Waals surface area contributed by atoms with Gasteiger partial charge in [0.2, 0.25) is 0 Å². The van der Waals surface area contributed by atoms with Crippen molar-refractivity contribution in [2.24, 2.45) is 17.5 Å². The van der Waals surface area contributed by atoms with Crippen LogP contribution >= 0.6 is 23.2 Å². The second kappa shape index (κ2) is 6.90. The highest BCUT2D eigenvalue weighted by atomic mass is 35.5. The van der Waals surface area contributed by atoms with Crippen LogP contribution in [-0.2, 0) is 18.3 Å². The van der Waals surface area contributed by atoms with Crippen molar-refractivity contribution in [1.29, 1.82) is 0 Å². The van der Waals surface area contributed by atoms with Crippen molar-refractivity contribution in [2.75, 3.05) is 26.3 Å². The van der Waals surface area contributed by atoms with Crippen molar-refractivity contribution in [3.63, 3.8) is 0 Å². The predicted octanol–water partition coefficient (Wildman–Crippen LogP) is 2.42. The van der Waals surface area contributed by atoms with Crippen molar-refractivity contribution in [2.45, 2.75) is 20.4 Å². The lowest BCUT2D eigenvalue weighted by molar-refractivity contribution is -0.0971. The largest absolute Gasteiger partial charge is 0.380 e. The number of aliphatic imine (C=N–C) groups is 1. The number of hydrogen-bond donors (Lipinski definition) is 2. The molecule has 0 atom stereocenters. The van der Waals surface area contributed by atoms with Crippen LogP contribution in [0.5, 0.6) is 0 Å². The number of ether oxygens (including phenoxy) is 1. The van der Waals surface area contributed by atoms with Gasteiger partial charge in [0.05, 0.1) is 24.8 Å². The molecule has 0 spiro atoms. The zero-order valence-electron chi connectivity index (χ0n) is 12.7. The molecule has 1 saturated heterocycles. The monoisotopic (exact) mass is 332 g/mol. The van der Waals surface area contributed by atoms with Crippen LogP contribution in [0.1, 0.15) is 19.5 Å². The Kier molecular flexibility index (Phi) is 5.41. The highest BCUT2D eigenvalue weighted by Crippen LogP contribution is 2.26. The number of nitrogens with zero attached hydrogens (tertiary/aromatic N) is 2. The molecule has 1 aliphatic rings. The van der Waals surface area contributed by atoms with Crippen molar-refractivity contribution in [3.05, 3.63) is 21.9 Å². The summed E-state index contributed by atoms with van der Waals surface area (Å²) in [7, 11) is 1.88. The number of nitrogens with one attached hydrogen (secondary N) is 2. The van der Waals surface area contributed by atoms with Gasteiger partial charge >= 0.3 is 0 Å². The smallest absolute Gasteiger partial charge is 0.191 e. The third-order valence-electron chi connectivity index (χ3n) is 3.54. The minimum atomic E-state index is 0.202. The van der Waals surface area contributed by atoms with Crippen molar-refractivity contribution >= 4 is 29.2 Å². The van der Waals surface area contributed by atoms with Crippen LogP contribution in [0.15, 0.2) is 11.1 Å². The van der Waals surface area contributed by atoms with E-state index < -0.39 is 0 Å². The summed E-state index contributed by atoms with van der Waals surface area (Å²) < 4.78 is 7.10. The summed E-state index contributed by atoms with van der Waals surface area (Å²) in [6.07, 6.45) is 0. The van der Waals surface area contributed by atoms with Crippen molar-refractivity contribution in [3.8, 4) is 0 Å². The Labute approximate surface area is 135 Å². The minimum Gasteiger partial charge on any atom is -0.380 e. The summed E-state index contributed by atoms with van der Waals surface area (Å²) in [5, 5.41) is 7.69. The Morgan fingerprint density at radius 3 is 2.62 bits per heavy atom. The lowest BCUT2D eigenvalue weighted by Gasteiger charge is -2.38. The molecule has 1 aliphatic heterocycles. The van der Waals surface area contributed by atoms with E-state index in [0.717, 1.165) is 38.0 Å². The van der Waals surface area contributed by atoms with Crippen LogP contribution in [0, 0.1) is 5.41 Å². The van der Waals surface area contributed by atoms with Crippen LogP contribution in [0.4, 0.5) is 0 Å². The average molecular weight is 333 g/mol. The molecule has 7 heteroatoms. The molecule has 1 aromatic heterocycles. The van der Waals surface area contributed by atoms with Crippen LogP contribution in [0.25, 0.3) is 0 Å². The van der Waals surface area contributed by atoms with Gasteiger partial charge in [-0.25, -0.2) is 4.99 Å². The van der Waals surface area contributed by atoms with Crippen LogP contribution in [0.3, 0.4) is 0 Å². The molecule has 2 rings (SSSR count). The van der Waals surface area contributed by atoms with E-state index in [1.807, 2.05) is 24.6 Å². The Morgan fingerprint density at radius 2 is 2.14 bits per heavy atom. The number of aromatic nitrogens is 1. The fourth-order valence-corrected chi connectivity index (χ4v) is 2.51. The molecule has 1 aromatic rings. The first kappa shape index (κ1) is 16.5. The van der Waals surface area contributed by atoms with Gasteiger partial charge in [-0.2, -0.15) is 0 Å². The second-order valence-corrected chi connectivity index (χ2v) is 6.45. The molecule has 2 heterocycles. The number of halogens is 2. The van der Waals surface area contributed by atoms with E-state index in [0.29, 0.717) is 16.7 Å². The van der Waals surface area contributed by atoms with Crippen molar-refractivity contribution < 1.29 is 4.74 Å². The van der Waals surface area contributed by atoms with E-state index in [1.165, 1.54) is 0 Å². The zero-order valence-corrected chi connectivity index (χ0v) is 14.2. The molecule has 2 N–H and O–H groups in total. The second-order valence-electron chi connectivity index (χ2n) is 5.69. The van der Waals surface area contributed by atoms with Gasteiger partial charge in [-0.15, -0.1) is 0 Å². The lowest BCUT2D eigenvalue weighted by atomic mass is 9.89. The molecule has 0 aliphatic carbocycles. The standard InChI is InChI=1S/C14H22Cl2N4O/c1-4-17-13(19-7-14(2)8-21-9-14)18-6-10-5-11(15)12(16)20(10)3/h5H,4,6-9H2,1-3H3,(H2,17,18,19). The Morgan fingerprint density at radius 1 is 1.43 bits per heavy atom. The molecule has 0 bridgehead atoms. The SMILES string of the molecule is CCNC(=NCc1cc(Cl)c(Cl)n1C)NCC1(C)COC1. The highest BCUT2D eigenvalue weighted by Gasteiger charge is 2.33. The van der Waals surface area contributed by atoms with E-state index in [1.54, 1.807) is 0 Å². The number of hydrogen-bond acceptors (Lipinski definition) is 2. The Balaban J connectivity index is 1.97. The molecule has 0 radical (unpaired) electrons. The number of rotatable bonds is 5. The van der Waals surface area contributed by atoms with Gasteiger partial charge in [0.25, 0.3) is 0 Å². The van der Waals surface area contributed by atoms with Gasteiger partial charge in [-0.05, 0) is 13.0 Å². The first-order valence-corrected chi connectivity index (χ1v) is 7.80. The summed E-state index contributed by atoms with van der Waals surface area (Å²) in [6.45, 7) is 8.00. The normalized spacial score (nSPS) is 17.5. The molecule has 5 nitrogen and oxygen atoms in total. The van der Waals surface area contributed by atoms with Crippen LogP contribution in [-0.4, -0.2) is 36.8 Å². The topological polar surface area (TPSA) is 50.6 Å². The molecule has 0 saturated carbocycles. The summed E-state index contributed by atoms with van der Waals surface area (Å²) >= 11 is 12.1. The quantitative estimate of drug-likeness (QED) is 0.643. The van der Waals surface area contributed by atoms with E-state index in [9.17, 15) is 0 Å². The third kappa shape index (κ3) is 4.05. The third-order valence-corrected chi connectivity index (χ3v) is 4.38. The molecule has 0 aromatic carbocycles. The summed E-state index contributed by atoms with van der Waals surface area (Å²) in [5.41, 5.74) is 1.17. The Hall–Kier alpha value is -0.910. The first-order chi connectivity index (χ1) is 9.95. The average Bonchev–Trinajstić information content (AvgIpc) is 2.67. The molecule has 1 fully saturated rings. The van der Waals surface area contributed by atoms with Gasteiger partial charge in [0.15, 0.2) is 5.96 Å². The van der Waals surface area contributed by atoms with Gasteiger partial charge < -0.3 is 19.9 Å². The molecular weight excluding hydrogens is 311 g/mol.